The molecule has 1 heterocycles. The van der Waals surface area contributed by atoms with E-state index in [9.17, 15) is 40.3 Å². The maximum absolute atomic E-state index is 15.4. The fraction of sp³-hybridized carbons (Fsp3) is 0.409. The van der Waals surface area contributed by atoms with Gasteiger partial charge in [-0.05, 0) is 24.5 Å². The van der Waals surface area contributed by atoms with Gasteiger partial charge in [-0.15, -0.1) is 0 Å². The number of aliphatic hydroxyl groups is 1. The normalized spacial score (nSPS) is 22.1. The molecule has 0 aromatic heterocycles. The molecule has 6 nitrogen and oxygen atoms in total. The Morgan fingerprint density at radius 2 is 1.74 bits per heavy atom. The zero-order valence-corrected chi connectivity index (χ0v) is 19.3. The Morgan fingerprint density at radius 3 is 2.29 bits per heavy atom. The second kappa shape index (κ2) is 9.10. The number of amides is 1. The number of carbonyl (C=O) groups excluding carboxylic acids is 1. The van der Waals surface area contributed by atoms with E-state index in [-0.39, 0.29) is 23.0 Å². The van der Waals surface area contributed by atoms with E-state index in [0.29, 0.717) is 11.8 Å². The van der Waals surface area contributed by atoms with Crippen molar-refractivity contribution in [1.29, 1.82) is 0 Å². The van der Waals surface area contributed by atoms with Crippen LogP contribution in [0.1, 0.15) is 12.5 Å². The molecule has 0 aliphatic carbocycles. The average molecular weight is 524 g/mol. The Hall–Kier alpha value is -2.64. The van der Waals surface area contributed by atoms with Crippen LogP contribution in [-0.2, 0) is 21.2 Å². The highest BCUT2D eigenvalue weighted by atomic mass is 32.2. The molecule has 1 saturated heterocycles. The number of likely N-dealkylation sites (tertiary alicyclic amines) is 1. The zero-order chi connectivity index (χ0) is 26.4. The van der Waals surface area contributed by atoms with Crippen molar-refractivity contribution in [3.8, 4) is 11.1 Å². The first-order valence-corrected chi connectivity index (χ1v) is 12.1. The Labute approximate surface area is 197 Å². The summed E-state index contributed by atoms with van der Waals surface area (Å²) in [5, 5.41) is 9.83. The van der Waals surface area contributed by atoms with Crippen molar-refractivity contribution in [3.63, 3.8) is 0 Å². The third kappa shape index (κ3) is 5.46. The predicted molar refractivity (Wildman–Crippen MR) is 114 cm³/mol. The number of halogens is 6. The van der Waals surface area contributed by atoms with Crippen LogP contribution in [0.4, 0.5) is 26.3 Å². The second-order valence-electron chi connectivity index (χ2n) is 8.55. The van der Waals surface area contributed by atoms with Crippen molar-refractivity contribution in [2.75, 3.05) is 12.8 Å². The molecule has 0 spiro atoms. The lowest BCUT2D eigenvalue weighted by Gasteiger charge is -2.34. The average Bonchev–Trinajstić information content (AvgIpc) is 2.97. The van der Waals surface area contributed by atoms with Crippen LogP contribution in [0, 0.1) is 5.82 Å². The topological polar surface area (TPSA) is 86.7 Å². The van der Waals surface area contributed by atoms with Crippen molar-refractivity contribution in [2.45, 2.75) is 43.1 Å². The fourth-order valence-corrected chi connectivity index (χ4v) is 4.75. The fourth-order valence-electron chi connectivity index (χ4n) is 3.95. The maximum Gasteiger partial charge on any atom is 0.426 e. The number of nitrogens with zero attached hydrogens (tertiary/aromatic N) is 1. The molecule has 192 valence electrons. The molecule has 1 aliphatic rings. The van der Waals surface area contributed by atoms with E-state index in [1.54, 1.807) is 35.1 Å². The summed E-state index contributed by atoms with van der Waals surface area (Å²) in [4.78, 5) is 12.7. The van der Waals surface area contributed by atoms with Gasteiger partial charge in [-0.1, -0.05) is 48.5 Å². The summed E-state index contributed by atoms with van der Waals surface area (Å²) in [6, 6.07) is 7.78. The van der Waals surface area contributed by atoms with E-state index in [2.05, 4.69) is 0 Å². The lowest BCUT2D eigenvalue weighted by atomic mass is 9.94. The van der Waals surface area contributed by atoms with Gasteiger partial charge in [0.1, 0.15) is 11.9 Å². The summed E-state index contributed by atoms with van der Waals surface area (Å²) in [6.07, 6.45) is -5.70. The first-order chi connectivity index (χ1) is 16.0. The zero-order valence-electron chi connectivity index (χ0n) is 18.5. The van der Waals surface area contributed by atoms with Gasteiger partial charge in [-0.2, -0.15) is 13.2 Å². The lowest BCUT2D eigenvalue weighted by Crippen LogP contribution is -2.59. The van der Waals surface area contributed by atoms with E-state index in [1.807, 2.05) is 0 Å². The monoisotopic (exact) mass is 524 g/mol. The van der Waals surface area contributed by atoms with Crippen LogP contribution in [0.5, 0.6) is 0 Å². The molecule has 1 fully saturated rings. The number of hydrogen-bond donors (Lipinski definition) is 2. The highest BCUT2D eigenvalue weighted by Gasteiger charge is 2.63. The number of nitrogens with one attached hydrogen (secondary N) is 1. The van der Waals surface area contributed by atoms with E-state index in [1.165, 1.54) is 18.2 Å². The van der Waals surface area contributed by atoms with Gasteiger partial charge in [0.15, 0.2) is 0 Å². The molecule has 0 bridgehead atoms. The molecule has 1 amide bonds. The van der Waals surface area contributed by atoms with Crippen LogP contribution in [0.15, 0.2) is 48.5 Å². The summed E-state index contributed by atoms with van der Waals surface area (Å²) in [5.41, 5.74) is -3.77. The van der Waals surface area contributed by atoms with E-state index in [0.717, 1.165) is 0 Å². The van der Waals surface area contributed by atoms with Crippen molar-refractivity contribution in [2.24, 2.45) is 0 Å². The van der Waals surface area contributed by atoms with Gasteiger partial charge in [-0.3, -0.25) is 4.79 Å². The molecule has 2 aromatic rings. The molecule has 0 radical (unpaired) electrons. The van der Waals surface area contributed by atoms with Gasteiger partial charge in [0.05, 0.1) is 18.8 Å². The van der Waals surface area contributed by atoms with Crippen LogP contribution < -0.4 is 4.72 Å². The standard InChI is InChI=1S/C22H22F6N2O4S/c1-20(32,22(26,27)28)19(31)30-12-21(24,25)18(29-35(2,33)34)16(30)11-14-9-6-10-15(17(14)23)13-7-4-3-5-8-13/h3-10,16,18,29,32H,11-12H2,1-2H3/t16-,18+,20?/m0/s1. The van der Waals surface area contributed by atoms with Crippen molar-refractivity contribution in [1.82, 2.24) is 9.62 Å². The first kappa shape index (κ1) is 27.0. The van der Waals surface area contributed by atoms with Crippen LogP contribution in [0.3, 0.4) is 0 Å². The van der Waals surface area contributed by atoms with Crippen LogP contribution in [0.25, 0.3) is 11.1 Å². The molecule has 3 rings (SSSR count). The highest BCUT2D eigenvalue weighted by molar-refractivity contribution is 7.88. The lowest BCUT2D eigenvalue weighted by molar-refractivity contribution is -0.250. The molecule has 1 aliphatic heterocycles. The third-order valence-electron chi connectivity index (χ3n) is 5.78. The van der Waals surface area contributed by atoms with Crippen LogP contribution in [-0.4, -0.2) is 66.9 Å². The number of benzene rings is 2. The molecular weight excluding hydrogens is 502 g/mol. The number of hydrogen-bond acceptors (Lipinski definition) is 4. The second-order valence-corrected chi connectivity index (χ2v) is 10.3. The van der Waals surface area contributed by atoms with Crippen LogP contribution >= 0.6 is 0 Å². The minimum absolute atomic E-state index is 0.0605. The summed E-state index contributed by atoms with van der Waals surface area (Å²) in [5.74, 6) is -6.99. The van der Waals surface area contributed by atoms with Crippen molar-refractivity contribution in [3.05, 3.63) is 59.9 Å². The molecule has 35 heavy (non-hydrogen) atoms. The Balaban J connectivity index is 2.09. The largest absolute Gasteiger partial charge is 0.426 e. The van der Waals surface area contributed by atoms with E-state index < -0.39 is 64.5 Å². The highest BCUT2D eigenvalue weighted by Crippen LogP contribution is 2.40. The third-order valence-corrected chi connectivity index (χ3v) is 6.47. The Morgan fingerprint density at radius 1 is 1.14 bits per heavy atom. The summed E-state index contributed by atoms with van der Waals surface area (Å²) >= 11 is 0. The minimum Gasteiger partial charge on any atom is -0.373 e. The number of carbonyl (C=O) groups is 1. The van der Waals surface area contributed by atoms with Crippen molar-refractivity contribution >= 4 is 15.9 Å². The summed E-state index contributed by atoms with van der Waals surface area (Å²) in [7, 11) is -4.32. The minimum atomic E-state index is -5.51. The van der Waals surface area contributed by atoms with Crippen molar-refractivity contribution < 1.29 is 44.7 Å². The molecule has 13 heteroatoms. The van der Waals surface area contributed by atoms with Crippen LogP contribution in [0.2, 0.25) is 0 Å². The van der Waals surface area contributed by atoms with E-state index >= 15 is 4.39 Å². The molecule has 2 N–H and O–H groups in total. The summed E-state index contributed by atoms with van der Waals surface area (Å²) < 4.78 is 110. The first-order valence-electron chi connectivity index (χ1n) is 10.2. The van der Waals surface area contributed by atoms with Gasteiger partial charge >= 0.3 is 6.18 Å². The quantitative estimate of drug-likeness (QED) is 0.569. The number of sulfonamides is 1. The summed E-state index contributed by atoms with van der Waals surface area (Å²) in [6.45, 7) is -1.51. The molecular formula is C22H22F6N2O4S. The van der Waals surface area contributed by atoms with Gasteiger partial charge in [0, 0.05) is 5.56 Å². The van der Waals surface area contributed by atoms with Gasteiger partial charge < -0.3 is 10.0 Å². The number of alkyl halides is 5. The molecule has 1 unspecified atom stereocenters. The van der Waals surface area contributed by atoms with Gasteiger partial charge in [0.2, 0.25) is 15.6 Å². The Bertz CT molecular complexity index is 1200. The smallest absolute Gasteiger partial charge is 0.373 e. The predicted octanol–water partition coefficient (Wildman–Crippen LogP) is 3.11. The molecule has 3 atom stereocenters. The molecule has 0 saturated carbocycles. The number of rotatable bonds is 6. The van der Waals surface area contributed by atoms with Gasteiger partial charge in [0.25, 0.3) is 11.8 Å². The Kier molecular flexibility index (Phi) is 7.01. The maximum atomic E-state index is 15.4. The van der Waals surface area contributed by atoms with Gasteiger partial charge in [-0.25, -0.2) is 26.3 Å². The molecule has 2 aromatic carbocycles. The van der Waals surface area contributed by atoms with E-state index in [4.69, 9.17) is 0 Å². The SMILES string of the molecule is CC(O)(C(=O)N1CC(F)(F)[C@H](NS(C)(=O)=O)[C@@H]1Cc1cccc(-c2ccccc2)c1F)C(F)(F)F.